The quantitative estimate of drug-likeness (QED) is 0.223. The molecule has 8 nitrogen and oxygen atoms in total. The van der Waals surface area contributed by atoms with E-state index in [1.165, 1.54) is 0 Å². The summed E-state index contributed by atoms with van der Waals surface area (Å²) < 4.78 is 8.88. The lowest BCUT2D eigenvalue weighted by Crippen LogP contribution is -2.22. The van der Waals surface area contributed by atoms with E-state index in [4.69, 9.17) is 19.2 Å². The summed E-state index contributed by atoms with van der Waals surface area (Å²) in [6.45, 7) is 0.124. The van der Waals surface area contributed by atoms with E-state index in [9.17, 15) is 9.59 Å². The van der Waals surface area contributed by atoms with Gasteiger partial charge in [-0.25, -0.2) is 9.36 Å². The summed E-state index contributed by atoms with van der Waals surface area (Å²) in [5, 5.41) is 4.30. The monoisotopic (exact) mass is 198 g/mol. The standard InChI is InChI=1S/C3H4N2O2.H3O4P/c6-2-1-4-3(7)5-2;1-5(2,3)4/h1H2,(H2,4,5,6,7);(H3,1,2,3,4). The highest BCUT2D eigenvalue weighted by molar-refractivity contribution is 7.45. The molecule has 0 saturated carbocycles. The molecule has 0 spiro atoms. The number of carbonyl (C=O) groups is 2. The summed E-state index contributed by atoms with van der Waals surface area (Å²) >= 11 is 0. The summed E-state index contributed by atoms with van der Waals surface area (Å²) in [4.78, 5) is 41.6. The Bertz CT molecular complexity index is 211. The molecule has 0 aromatic heterocycles. The van der Waals surface area contributed by atoms with E-state index in [1.807, 2.05) is 5.32 Å². The van der Waals surface area contributed by atoms with E-state index >= 15 is 0 Å². The maximum Gasteiger partial charge on any atom is 0.466 e. The first kappa shape index (κ1) is 11.1. The first-order chi connectivity index (χ1) is 5.29. The third-order valence-electron chi connectivity index (χ3n) is 0.662. The van der Waals surface area contributed by atoms with Gasteiger partial charge in [0.15, 0.2) is 0 Å². The van der Waals surface area contributed by atoms with E-state index in [0.29, 0.717) is 0 Å². The average molecular weight is 198 g/mol. The van der Waals surface area contributed by atoms with Crippen molar-refractivity contribution in [2.45, 2.75) is 0 Å². The minimum absolute atomic E-state index is 0.124. The second kappa shape index (κ2) is 4.17. The zero-order chi connectivity index (χ0) is 9.78. The molecule has 0 unspecified atom stereocenters. The zero-order valence-corrected chi connectivity index (χ0v) is 6.62. The molecule has 1 aliphatic rings. The molecule has 12 heavy (non-hydrogen) atoms. The van der Waals surface area contributed by atoms with Gasteiger partial charge in [0.2, 0.25) is 5.91 Å². The molecule has 0 aliphatic carbocycles. The van der Waals surface area contributed by atoms with Gasteiger partial charge in [-0.15, -0.1) is 0 Å². The molecule has 0 atom stereocenters. The molecule has 70 valence electrons. The first-order valence-corrected chi connectivity index (χ1v) is 4.21. The van der Waals surface area contributed by atoms with Crippen LogP contribution in [0, 0.1) is 0 Å². The lowest BCUT2D eigenvalue weighted by Gasteiger charge is -1.82. The Hall–Kier alpha value is -0.950. The fraction of sp³-hybridized carbons (Fsp3) is 0.333. The Morgan fingerprint density at radius 2 is 1.67 bits per heavy atom. The van der Waals surface area contributed by atoms with Gasteiger partial charge >= 0.3 is 13.9 Å². The molecule has 0 aromatic rings. The van der Waals surface area contributed by atoms with Crippen LogP contribution in [0.3, 0.4) is 0 Å². The third-order valence-corrected chi connectivity index (χ3v) is 0.662. The van der Waals surface area contributed by atoms with Crippen LogP contribution in [-0.2, 0) is 9.36 Å². The van der Waals surface area contributed by atoms with Crippen molar-refractivity contribution in [1.29, 1.82) is 0 Å². The van der Waals surface area contributed by atoms with Crippen molar-refractivity contribution in [1.82, 2.24) is 10.6 Å². The molecule has 0 aromatic carbocycles. The summed E-state index contributed by atoms with van der Waals surface area (Å²) in [6.07, 6.45) is 0. The van der Waals surface area contributed by atoms with Gasteiger partial charge in [-0.2, -0.15) is 0 Å². The Balaban J connectivity index is 0.000000217. The molecule has 5 N–H and O–H groups in total. The van der Waals surface area contributed by atoms with Crippen LogP contribution in [0.4, 0.5) is 4.79 Å². The number of nitrogens with one attached hydrogen (secondary N) is 2. The lowest BCUT2D eigenvalue weighted by molar-refractivity contribution is -0.117. The molecule has 3 amide bonds. The van der Waals surface area contributed by atoms with Crippen molar-refractivity contribution >= 4 is 19.8 Å². The van der Waals surface area contributed by atoms with E-state index in [0.717, 1.165) is 0 Å². The van der Waals surface area contributed by atoms with Crippen LogP contribution < -0.4 is 10.6 Å². The molecule has 9 heteroatoms. The number of amides is 3. The van der Waals surface area contributed by atoms with E-state index in [-0.39, 0.29) is 12.5 Å². The SMILES string of the molecule is O=C1CNC(=O)N1.O=P(O)(O)O. The van der Waals surface area contributed by atoms with Crippen LogP contribution in [0.2, 0.25) is 0 Å². The van der Waals surface area contributed by atoms with E-state index in [1.54, 1.807) is 0 Å². The van der Waals surface area contributed by atoms with Crippen molar-refractivity contribution in [3.05, 3.63) is 0 Å². The fourth-order valence-electron chi connectivity index (χ4n) is 0.376. The summed E-state index contributed by atoms with van der Waals surface area (Å²) in [6, 6.07) is -0.398. The number of rotatable bonds is 0. The van der Waals surface area contributed by atoms with Gasteiger partial charge in [0.25, 0.3) is 0 Å². The van der Waals surface area contributed by atoms with Gasteiger partial charge in [0.05, 0.1) is 6.54 Å². The van der Waals surface area contributed by atoms with Gasteiger partial charge in [-0.1, -0.05) is 0 Å². The second-order valence-corrected chi connectivity index (χ2v) is 2.77. The van der Waals surface area contributed by atoms with Crippen LogP contribution in [0.1, 0.15) is 0 Å². The van der Waals surface area contributed by atoms with E-state index in [2.05, 4.69) is 5.32 Å². The van der Waals surface area contributed by atoms with Crippen LogP contribution in [0.15, 0.2) is 0 Å². The molecule has 1 heterocycles. The molecule has 0 bridgehead atoms. The highest BCUT2D eigenvalue weighted by Gasteiger charge is 2.14. The van der Waals surface area contributed by atoms with Crippen molar-refractivity contribution < 1.29 is 28.8 Å². The average Bonchev–Trinajstić information content (AvgIpc) is 2.09. The largest absolute Gasteiger partial charge is 0.466 e. The smallest absolute Gasteiger partial charge is 0.329 e. The van der Waals surface area contributed by atoms with E-state index < -0.39 is 13.9 Å². The van der Waals surface area contributed by atoms with Crippen molar-refractivity contribution in [2.24, 2.45) is 0 Å². The molecule has 1 saturated heterocycles. The van der Waals surface area contributed by atoms with Crippen molar-refractivity contribution in [3.63, 3.8) is 0 Å². The van der Waals surface area contributed by atoms with Gasteiger partial charge in [0, 0.05) is 0 Å². The second-order valence-electron chi connectivity index (χ2n) is 1.74. The topological polar surface area (TPSA) is 136 Å². The Morgan fingerprint density at radius 1 is 1.25 bits per heavy atom. The Kier molecular flexibility index (Phi) is 3.84. The highest BCUT2D eigenvalue weighted by atomic mass is 31.2. The maximum absolute atomic E-state index is 10.1. The fourth-order valence-corrected chi connectivity index (χ4v) is 0.376. The minimum Gasteiger partial charge on any atom is -0.329 e. The lowest BCUT2D eigenvalue weighted by atomic mass is 10.7. The number of imide groups is 1. The number of urea groups is 1. The molecule has 0 radical (unpaired) electrons. The van der Waals surface area contributed by atoms with Crippen LogP contribution in [0.25, 0.3) is 0 Å². The van der Waals surface area contributed by atoms with Crippen molar-refractivity contribution in [2.75, 3.05) is 6.54 Å². The molecule has 1 rings (SSSR count). The molecule has 1 aliphatic heterocycles. The minimum atomic E-state index is -4.64. The maximum atomic E-state index is 10.1. The van der Waals surface area contributed by atoms with Gasteiger partial charge < -0.3 is 20.0 Å². The zero-order valence-electron chi connectivity index (χ0n) is 5.72. The van der Waals surface area contributed by atoms with Gasteiger partial charge in [-0.05, 0) is 0 Å². The number of carbonyl (C=O) groups excluding carboxylic acids is 2. The van der Waals surface area contributed by atoms with Crippen LogP contribution in [0.5, 0.6) is 0 Å². The summed E-state index contributed by atoms with van der Waals surface area (Å²) in [5.41, 5.74) is 0. The van der Waals surface area contributed by atoms with Gasteiger partial charge in [-0.3, -0.25) is 10.1 Å². The highest BCUT2D eigenvalue weighted by Crippen LogP contribution is 2.25. The Labute approximate surface area is 66.8 Å². The van der Waals surface area contributed by atoms with Crippen molar-refractivity contribution in [3.8, 4) is 0 Å². The van der Waals surface area contributed by atoms with Gasteiger partial charge in [0.1, 0.15) is 0 Å². The predicted octanol–water partition coefficient (Wildman–Crippen LogP) is -2.10. The number of hydrogen-bond acceptors (Lipinski definition) is 3. The van der Waals surface area contributed by atoms with Crippen LogP contribution >= 0.6 is 7.82 Å². The number of hydrogen-bond donors (Lipinski definition) is 5. The third kappa shape index (κ3) is 9.05. The molecule has 1 fully saturated rings. The number of phosphoric acid groups is 1. The predicted molar refractivity (Wildman–Crippen MR) is 35.8 cm³/mol. The normalized spacial score (nSPS) is 15.9. The molecular weight excluding hydrogens is 191 g/mol. The molecular formula is C3H7N2O6P. The Morgan fingerprint density at radius 3 is 1.75 bits per heavy atom. The summed E-state index contributed by atoms with van der Waals surface area (Å²) in [7, 11) is -4.64. The summed E-state index contributed by atoms with van der Waals surface area (Å²) in [5.74, 6) is -0.259. The van der Waals surface area contributed by atoms with Crippen LogP contribution in [-0.4, -0.2) is 33.2 Å². The first-order valence-electron chi connectivity index (χ1n) is 2.65.